The van der Waals surface area contributed by atoms with Crippen LogP contribution in [-0.4, -0.2) is 24.5 Å². The quantitative estimate of drug-likeness (QED) is 0.651. The fourth-order valence-corrected chi connectivity index (χ4v) is 3.76. The Bertz CT molecular complexity index is 193. The SMILES string of the molecule is C1CCC(CN2CC3(CCC3)C2)CC1. The normalized spacial score (nSPS) is 32.6. The maximum Gasteiger partial charge on any atom is 0.00506 e. The molecule has 14 heavy (non-hydrogen) atoms. The molecular weight excluding hydrogens is 170 g/mol. The first-order valence-corrected chi connectivity index (χ1v) is 6.59. The lowest BCUT2D eigenvalue weighted by Crippen LogP contribution is -2.60. The molecule has 1 nitrogen and oxygen atoms in total. The first kappa shape index (κ1) is 9.21. The molecule has 80 valence electrons. The highest BCUT2D eigenvalue weighted by atomic mass is 15.2. The zero-order valence-corrected chi connectivity index (χ0v) is 9.30. The molecule has 0 aromatic rings. The second-order valence-corrected chi connectivity index (χ2v) is 6.03. The van der Waals surface area contributed by atoms with E-state index >= 15 is 0 Å². The van der Waals surface area contributed by atoms with Crippen LogP contribution in [0.4, 0.5) is 0 Å². The van der Waals surface area contributed by atoms with Crippen LogP contribution in [0.2, 0.25) is 0 Å². The van der Waals surface area contributed by atoms with Gasteiger partial charge in [0.25, 0.3) is 0 Å². The summed E-state index contributed by atoms with van der Waals surface area (Å²) in [6.45, 7) is 4.33. The number of likely N-dealkylation sites (tertiary alicyclic amines) is 1. The van der Waals surface area contributed by atoms with Gasteiger partial charge in [0.1, 0.15) is 0 Å². The van der Waals surface area contributed by atoms with Crippen molar-refractivity contribution in [3.63, 3.8) is 0 Å². The average molecular weight is 193 g/mol. The highest BCUT2D eigenvalue weighted by molar-refractivity contribution is 5.00. The van der Waals surface area contributed by atoms with Crippen molar-refractivity contribution in [1.29, 1.82) is 0 Å². The molecule has 2 aliphatic carbocycles. The highest BCUT2D eigenvalue weighted by Gasteiger charge is 2.47. The Morgan fingerprint density at radius 1 is 0.929 bits per heavy atom. The average Bonchev–Trinajstić information content (AvgIpc) is 2.09. The lowest BCUT2D eigenvalue weighted by Gasteiger charge is -2.57. The lowest BCUT2D eigenvalue weighted by molar-refractivity contribution is -0.0684. The summed E-state index contributed by atoms with van der Waals surface area (Å²) in [4.78, 5) is 2.73. The van der Waals surface area contributed by atoms with E-state index in [1.165, 1.54) is 71.0 Å². The molecule has 2 saturated carbocycles. The van der Waals surface area contributed by atoms with E-state index in [1.807, 2.05) is 0 Å². The van der Waals surface area contributed by atoms with Crippen LogP contribution >= 0.6 is 0 Å². The summed E-state index contributed by atoms with van der Waals surface area (Å²) in [7, 11) is 0. The van der Waals surface area contributed by atoms with Crippen molar-refractivity contribution in [2.75, 3.05) is 19.6 Å². The van der Waals surface area contributed by atoms with Crippen LogP contribution in [-0.2, 0) is 0 Å². The third-order valence-electron chi connectivity index (χ3n) is 4.77. The van der Waals surface area contributed by atoms with Crippen LogP contribution in [0.3, 0.4) is 0 Å². The van der Waals surface area contributed by atoms with Gasteiger partial charge in [-0.3, -0.25) is 0 Å². The topological polar surface area (TPSA) is 3.24 Å². The van der Waals surface area contributed by atoms with Gasteiger partial charge in [-0.05, 0) is 37.0 Å². The van der Waals surface area contributed by atoms with Crippen molar-refractivity contribution in [3.8, 4) is 0 Å². The van der Waals surface area contributed by atoms with Gasteiger partial charge in [-0.2, -0.15) is 0 Å². The summed E-state index contributed by atoms with van der Waals surface area (Å²) in [5.41, 5.74) is 0.842. The predicted octanol–water partition coefficient (Wildman–Crippen LogP) is 3.05. The molecule has 1 saturated heterocycles. The molecule has 1 aliphatic heterocycles. The lowest BCUT2D eigenvalue weighted by atomic mass is 9.63. The van der Waals surface area contributed by atoms with Crippen molar-refractivity contribution in [2.24, 2.45) is 11.3 Å². The minimum absolute atomic E-state index is 0.842. The van der Waals surface area contributed by atoms with E-state index in [4.69, 9.17) is 0 Å². The van der Waals surface area contributed by atoms with Crippen LogP contribution in [0.15, 0.2) is 0 Å². The molecule has 3 fully saturated rings. The van der Waals surface area contributed by atoms with Gasteiger partial charge in [0.15, 0.2) is 0 Å². The molecule has 0 bridgehead atoms. The summed E-state index contributed by atoms with van der Waals surface area (Å²) in [5, 5.41) is 0. The molecule has 3 rings (SSSR count). The van der Waals surface area contributed by atoms with Gasteiger partial charge >= 0.3 is 0 Å². The first-order chi connectivity index (χ1) is 6.86. The van der Waals surface area contributed by atoms with E-state index in [9.17, 15) is 0 Å². The minimum atomic E-state index is 0.842. The molecule has 0 aromatic carbocycles. The number of nitrogens with zero attached hydrogens (tertiary/aromatic N) is 1. The molecule has 1 heteroatoms. The van der Waals surface area contributed by atoms with Crippen LogP contribution in [0.5, 0.6) is 0 Å². The van der Waals surface area contributed by atoms with E-state index in [2.05, 4.69) is 4.90 Å². The number of rotatable bonds is 2. The second-order valence-electron chi connectivity index (χ2n) is 6.03. The van der Waals surface area contributed by atoms with E-state index in [-0.39, 0.29) is 0 Å². The van der Waals surface area contributed by atoms with Gasteiger partial charge < -0.3 is 4.90 Å². The van der Waals surface area contributed by atoms with Crippen LogP contribution in [0.1, 0.15) is 51.4 Å². The molecule has 0 radical (unpaired) electrons. The summed E-state index contributed by atoms with van der Waals surface area (Å²) in [6.07, 6.45) is 12.1. The van der Waals surface area contributed by atoms with Crippen LogP contribution < -0.4 is 0 Å². The molecule has 0 amide bonds. The van der Waals surface area contributed by atoms with Gasteiger partial charge in [-0.25, -0.2) is 0 Å². The smallest absolute Gasteiger partial charge is 0.00506 e. The van der Waals surface area contributed by atoms with Crippen LogP contribution in [0.25, 0.3) is 0 Å². The zero-order valence-electron chi connectivity index (χ0n) is 9.30. The standard InChI is InChI=1S/C13H23N/c1-2-5-12(6-3-1)9-14-10-13(11-14)7-4-8-13/h12H,1-11H2. The Balaban J connectivity index is 1.41. The molecule has 3 aliphatic rings. The van der Waals surface area contributed by atoms with Crippen LogP contribution in [0, 0.1) is 11.3 Å². The van der Waals surface area contributed by atoms with E-state index in [1.54, 1.807) is 0 Å². The molecule has 0 N–H and O–H groups in total. The predicted molar refractivity (Wildman–Crippen MR) is 59.3 cm³/mol. The van der Waals surface area contributed by atoms with Crippen molar-refractivity contribution in [3.05, 3.63) is 0 Å². The Morgan fingerprint density at radius 2 is 1.64 bits per heavy atom. The van der Waals surface area contributed by atoms with Gasteiger partial charge in [-0.15, -0.1) is 0 Å². The van der Waals surface area contributed by atoms with Gasteiger partial charge in [0, 0.05) is 19.6 Å². The minimum Gasteiger partial charge on any atom is -0.302 e. The summed E-state index contributed by atoms with van der Waals surface area (Å²) >= 11 is 0. The Hall–Kier alpha value is -0.0400. The maximum atomic E-state index is 2.73. The van der Waals surface area contributed by atoms with E-state index in [0.29, 0.717) is 0 Å². The second kappa shape index (κ2) is 3.52. The largest absolute Gasteiger partial charge is 0.302 e. The van der Waals surface area contributed by atoms with Crippen molar-refractivity contribution in [2.45, 2.75) is 51.4 Å². The zero-order chi connectivity index (χ0) is 9.43. The van der Waals surface area contributed by atoms with E-state index < -0.39 is 0 Å². The van der Waals surface area contributed by atoms with E-state index in [0.717, 1.165) is 11.3 Å². The molecule has 1 heterocycles. The van der Waals surface area contributed by atoms with Gasteiger partial charge in [-0.1, -0.05) is 25.7 Å². The molecule has 0 unspecified atom stereocenters. The van der Waals surface area contributed by atoms with Gasteiger partial charge in [0.05, 0.1) is 0 Å². The maximum absolute atomic E-state index is 2.73. The summed E-state index contributed by atoms with van der Waals surface area (Å²) in [5.74, 6) is 1.06. The van der Waals surface area contributed by atoms with Crippen molar-refractivity contribution in [1.82, 2.24) is 4.90 Å². The van der Waals surface area contributed by atoms with Gasteiger partial charge in [0.2, 0.25) is 0 Å². The monoisotopic (exact) mass is 193 g/mol. The number of hydrogen-bond acceptors (Lipinski definition) is 1. The van der Waals surface area contributed by atoms with Crippen molar-refractivity contribution < 1.29 is 0 Å². The highest BCUT2D eigenvalue weighted by Crippen LogP contribution is 2.48. The first-order valence-electron chi connectivity index (χ1n) is 6.59. The number of hydrogen-bond donors (Lipinski definition) is 0. The Morgan fingerprint density at radius 3 is 2.21 bits per heavy atom. The molecule has 1 spiro atoms. The third-order valence-corrected chi connectivity index (χ3v) is 4.77. The molecule has 0 atom stereocenters. The molecular formula is C13H23N. The molecule has 0 aromatic heterocycles. The fourth-order valence-electron chi connectivity index (χ4n) is 3.76. The third kappa shape index (κ3) is 1.60. The summed E-state index contributed by atoms with van der Waals surface area (Å²) in [6, 6.07) is 0. The Labute approximate surface area is 87.9 Å². The Kier molecular flexibility index (Phi) is 2.31. The van der Waals surface area contributed by atoms with Crippen molar-refractivity contribution >= 4 is 0 Å². The fraction of sp³-hybridized carbons (Fsp3) is 1.00. The summed E-state index contributed by atoms with van der Waals surface area (Å²) < 4.78 is 0.